The van der Waals surface area contributed by atoms with Gasteiger partial charge >= 0.3 is 0 Å². The summed E-state index contributed by atoms with van der Waals surface area (Å²) in [7, 11) is 0. The second-order valence-electron chi connectivity index (χ2n) is 7.10. The second kappa shape index (κ2) is 8.12. The summed E-state index contributed by atoms with van der Waals surface area (Å²) in [6, 6.07) is 7.28. The average molecular weight is 376 g/mol. The van der Waals surface area contributed by atoms with Crippen molar-refractivity contribution in [3.05, 3.63) is 47.5 Å². The van der Waals surface area contributed by atoms with E-state index in [1.165, 1.54) is 0 Å². The van der Waals surface area contributed by atoms with Crippen LogP contribution in [0.5, 0.6) is 5.75 Å². The van der Waals surface area contributed by atoms with Crippen molar-refractivity contribution in [3.8, 4) is 5.75 Å². The Kier molecular flexibility index (Phi) is 5.87. The quantitative estimate of drug-likeness (QED) is 0.783. The number of rotatable bonds is 5. The molecule has 1 saturated heterocycles. The van der Waals surface area contributed by atoms with Gasteiger partial charge in [0.15, 0.2) is 0 Å². The van der Waals surface area contributed by atoms with E-state index in [0.29, 0.717) is 23.9 Å². The molecule has 5 nitrogen and oxygen atoms in total. The molecule has 1 fully saturated rings. The second-order valence-corrected chi connectivity index (χ2v) is 7.50. The predicted octanol–water partition coefficient (Wildman–Crippen LogP) is 4.29. The van der Waals surface area contributed by atoms with Crippen molar-refractivity contribution < 1.29 is 9.53 Å². The minimum atomic E-state index is -0.240. The molecule has 0 spiro atoms. The monoisotopic (exact) mass is 375 g/mol. The summed E-state index contributed by atoms with van der Waals surface area (Å²) in [6.07, 6.45) is 5.37. The molecule has 0 bridgehead atoms. The zero-order valence-electron chi connectivity index (χ0n) is 15.6. The lowest BCUT2D eigenvalue weighted by Gasteiger charge is -2.34. The molecular weight excluding hydrogens is 350 g/mol. The first-order valence-corrected chi connectivity index (χ1v) is 9.58. The smallest absolute Gasteiger partial charge is 0.245 e. The van der Waals surface area contributed by atoms with Crippen LogP contribution in [0.2, 0.25) is 5.02 Å². The van der Waals surface area contributed by atoms with Crippen LogP contribution in [0.25, 0.3) is 0 Å². The number of ether oxygens (including phenoxy) is 1. The number of halogens is 1. The predicted molar refractivity (Wildman–Crippen MR) is 103 cm³/mol. The SMILES string of the molecule is CC(C)c1nccn1[C@H](C)C(=O)N1CCC(Oc2ccccc2Cl)CC1. The van der Waals surface area contributed by atoms with Gasteiger partial charge in [-0.2, -0.15) is 0 Å². The van der Waals surface area contributed by atoms with Gasteiger partial charge in [0.25, 0.3) is 0 Å². The van der Waals surface area contributed by atoms with E-state index in [1.807, 2.05) is 46.9 Å². The number of likely N-dealkylation sites (tertiary alicyclic amines) is 1. The Morgan fingerprint density at radius 2 is 1.92 bits per heavy atom. The van der Waals surface area contributed by atoms with Gasteiger partial charge in [0.2, 0.25) is 5.91 Å². The van der Waals surface area contributed by atoms with Crippen molar-refractivity contribution in [3.63, 3.8) is 0 Å². The van der Waals surface area contributed by atoms with Crippen molar-refractivity contribution in [2.75, 3.05) is 13.1 Å². The fourth-order valence-electron chi connectivity index (χ4n) is 3.40. The molecule has 1 aliphatic heterocycles. The topological polar surface area (TPSA) is 47.4 Å². The van der Waals surface area contributed by atoms with Crippen molar-refractivity contribution in [2.45, 2.75) is 51.7 Å². The molecule has 2 heterocycles. The molecule has 0 saturated carbocycles. The summed E-state index contributed by atoms with van der Waals surface area (Å²) in [4.78, 5) is 19.2. The molecule has 1 aromatic carbocycles. The summed E-state index contributed by atoms with van der Waals surface area (Å²) < 4.78 is 8.00. The van der Waals surface area contributed by atoms with Crippen molar-refractivity contribution in [1.29, 1.82) is 0 Å². The molecule has 1 amide bonds. The number of aromatic nitrogens is 2. The Morgan fingerprint density at radius 1 is 1.23 bits per heavy atom. The zero-order valence-corrected chi connectivity index (χ0v) is 16.3. The fourth-order valence-corrected chi connectivity index (χ4v) is 3.58. The highest BCUT2D eigenvalue weighted by Gasteiger charge is 2.29. The van der Waals surface area contributed by atoms with E-state index in [9.17, 15) is 4.79 Å². The average Bonchev–Trinajstić information content (AvgIpc) is 3.13. The van der Waals surface area contributed by atoms with Gasteiger partial charge in [0.05, 0.1) is 5.02 Å². The summed E-state index contributed by atoms with van der Waals surface area (Å²) in [6.45, 7) is 7.53. The Morgan fingerprint density at radius 3 is 2.58 bits per heavy atom. The van der Waals surface area contributed by atoms with Gasteiger partial charge in [-0.25, -0.2) is 4.98 Å². The lowest BCUT2D eigenvalue weighted by atomic mass is 10.1. The van der Waals surface area contributed by atoms with Crippen LogP contribution in [0.1, 0.15) is 51.4 Å². The largest absolute Gasteiger partial charge is 0.489 e. The van der Waals surface area contributed by atoms with Crippen molar-refractivity contribution >= 4 is 17.5 Å². The van der Waals surface area contributed by atoms with Crippen molar-refractivity contribution in [1.82, 2.24) is 14.5 Å². The van der Waals surface area contributed by atoms with Crippen LogP contribution >= 0.6 is 11.6 Å². The van der Waals surface area contributed by atoms with E-state index >= 15 is 0 Å². The first-order valence-electron chi connectivity index (χ1n) is 9.20. The maximum atomic E-state index is 12.9. The van der Waals surface area contributed by atoms with Gasteiger partial charge in [-0.15, -0.1) is 0 Å². The van der Waals surface area contributed by atoms with Gasteiger partial charge in [-0.3, -0.25) is 4.79 Å². The third-order valence-corrected chi connectivity index (χ3v) is 5.19. The first-order chi connectivity index (χ1) is 12.5. The lowest BCUT2D eigenvalue weighted by Crippen LogP contribution is -2.44. The highest BCUT2D eigenvalue weighted by atomic mass is 35.5. The molecule has 6 heteroatoms. The molecule has 2 aromatic rings. The molecule has 0 radical (unpaired) electrons. The number of para-hydroxylation sites is 1. The van der Waals surface area contributed by atoms with E-state index in [-0.39, 0.29) is 24.0 Å². The van der Waals surface area contributed by atoms with Crippen LogP contribution in [-0.2, 0) is 4.79 Å². The molecule has 3 rings (SSSR count). The summed E-state index contributed by atoms with van der Waals surface area (Å²) >= 11 is 6.16. The number of hydrogen-bond acceptors (Lipinski definition) is 3. The number of amides is 1. The zero-order chi connectivity index (χ0) is 18.7. The fraction of sp³-hybridized carbons (Fsp3) is 0.500. The number of carbonyl (C=O) groups is 1. The van der Waals surface area contributed by atoms with Crippen LogP contribution in [-0.4, -0.2) is 39.6 Å². The van der Waals surface area contributed by atoms with E-state index in [4.69, 9.17) is 16.3 Å². The molecule has 1 aromatic heterocycles. The van der Waals surface area contributed by atoms with Crippen LogP contribution in [0.4, 0.5) is 0 Å². The number of imidazole rings is 1. The van der Waals surface area contributed by atoms with E-state index < -0.39 is 0 Å². The third kappa shape index (κ3) is 4.04. The van der Waals surface area contributed by atoms with Crippen LogP contribution in [0, 0.1) is 0 Å². The Bertz CT molecular complexity index is 751. The summed E-state index contributed by atoms with van der Waals surface area (Å²) in [5.41, 5.74) is 0. The first kappa shape index (κ1) is 18.8. The summed E-state index contributed by atoms with van der Waals surface area (Å²) in [5.74, 6) is 2.09. The molecule has 1 atom stereocenters. The Labute approximate surface area is 159 Å². The van der Waals surface area contributed by atoms with Crippen LogP contribution in [0.15, 0.2) is 36.7 Å². The van der Waals surface area contributed by atoms with E-state index in [2.05, 4.69) is 18.8 Å². The maximum Gasteiger partial charge on any atom is 0.245 e. The van der Waals surface area contributed by atoms with E-state index in [0.717, 1.165) is 18.7 Å². The molecule has 26 heavy (non-hydrogen) atoms. The maximum absolute atomic E-state index is 12.9. The highest BCUT2D eigenvalue weighted by Crippen LogP contribution is 2.27. The molecule has 0 unspecified atom stereocenters. The molecule has 0 N–H and O–H groups in total. The molecule has 140 valence electrons. The summed E-state index contributed by atoms with van der Waals surface area (Å²) in [5, 5.41) is 0.626. The molecule has 1 aliphatic rings. The third-order valence-electron chi connectivity index (χ3n) is 4.87. The van der Waals surface area contributed by atoms with Gasteiger partial charge in [0.1, 0.15) is 23.7 Å². The molecular formula is C20H26ClN3O2. The number of nitrogens with zero attached hydrogens (tertiary/aromatic N) is 3. The minimum absolute atomic E-state index is 0.0914. The number of hydrogen-bond donors (Lipinski definition) is 0. The van der Waals surface area contributed by atoms with Gasteiger partial charge in [0, 0.05) is 44.2 Å². The normalized spacial score (nSPS) is 16.7. The number of carbonyl (C=O) groups excluding carboxylic acids is 1. The van der Waals surface area contributed by atoms with Gasteiger partial charge in [-0.1, -0.05) is 37.6 Å². The highest BCUT2D eigenvalue weighted by molar-refractivity contribution is 6.32. The Hall–Kier alpha value is -2.01. The number of benzene rings is 1. The van der Waals surface area contributed by atoms with Gasteiger partial charge < -0.3 is 14.2 Å². The van der Waals surface area contributed by atoms with Gasteiger partial charge in [-0.05, 0) is 19.1 Å². The van der Waals surface area contributed by atoms with Crippen LogP contribution in [0.3, 0.4) is 0 Å². The Balaban J connectivity index is 1.58. The van der Waals surface area contributed by atoms with Crippen molar-refractivity contribution in [2.24, 2.45) is 0 Å². The number of piperidine rings is 1. The van der Waals surface area contributed by atoms with Crippen LogP contribution < -0.4 is 4.74 Å². The lowest BCUT2D eigenvalue weighted by molar-refractivity contribution is -0.136. The van der Waals surface area contributed by atoms with E-state index in [1.54, 1.807) is 6.20 Å². The minimum Gasteiger partial charge on any atom is -0.489 e. The molecule has 0 aliphatic carbocycles. The standard InChI is InChI=1S/C20H26ClN3O2/c1-14(2)19-22-10-13-24(19)15(3)20(25)23-11-8-16(9-12-23)26-18-7-5-4-6-17(18)21/h4-7,10,13-16H,8-9,11-12H2,1-3H3/t15-/m1/s1.